The van der Waals surface area contributed by atoms with Crippen LogP contribution in [0.15, 0.2) is 0 Å². The van der Waals surface area contributed by atoms with Crippen molar-refractivity contribution >= 4 is 0 Å². The summed E-state index contributed by atoms with van der Waals surface area (Å²) in [6.45, 7) is 0. The summed E-state index contributed by atoms with van der Waals surface area (Å²) in [5.74, 6) is -12.7. The van der Waals surface area contributed by atoms with Crippen LogP contribution in [0.1, 0.15) is 11.6 Å². The average molecular weight is 265 g/mol. The zero-order chi connectivity index (χ0) is 13.5. The van der Waals surface area contributed by atoms with Crippen molar-refractivity contribution in [2.45, 2.75) is 12.2 Å². The van der Waals surface area contributed by atoms with Gasteiger partial charge >= 0.3 is 6.18 Å². The maximum Gasteiger partial charge on any atom is 0.407 e. The van der Waals surface area contributed by atoms with E-state index in [0.717, 1.165) is 0 Å². The van der Waals surface area contributed by atoms with Crippen molar-refractivity contribution in [2.75, 3.05) is 0 Å². The zero-order valence-electron chi connectivity index (χ0n) is 7.68. The van der Waals surface area contributed by atoms with Crippen LogP contribution < -0.4 is 5.73 Å². The first kappa shape index (κ1) is 13.7. The number of nitrogens with two attached hydrogens (primary N) is 1. The van der Waals surface area contributed by atoms with Crippen molar-refractivity contribution in [3.05, 3.63) is 34.6 Å². The monoisotopic (exact) mass is 265 g/mol. The van der Waals surface area contributed by atoms with Gasteiger partial charge in [-0.1, -0.05) is 0 Å². The quantitative estimate of drug-likeness (QED) is 0.471. The van der Waals surface area contributed by atoms with Gasteiger partial charge in [0.25, 0.3) is 0 Å². The normalized spacial score (nSPS) is 13.9. The smallest absolute Gasteiger partial charge is 0.316 e. The Morgan fingerprint density at radius 2 is 1.00 bits per heavy atom. The molecule has 1 rings (SSSR count). The number of rotatable bonds is 1. The SMILES string of the molecule is NC(c1c(F)c(F)c(F)c(F)c1F)C(F)(F)F. The summed E-state index contributed by atoms with van der Waals surface area (Å²) in [6.07, 6.45) is -5.33. The molecule has 0 amide bonds. The van der Waals surface area contributed by atoms with Gasteiger partial charge in [0.2, 0.25) is 5.82 Å². The second-order valence-corrected chi connectivity index (χ2v) is 3.00. The van der Waals surface area contributed by atoms with Crippen LogP contribution in [0.3, 0.4) is 0 Å². The van der Waals surface area contributed by atoms with Crippen molar-refractivity contribution in [3.63, 3.8) is 0 Å². The van der Waals surface area contributed by atoms with Crippen LogP contribution in [0, 0.1) is 29.1 Å². The van der Waals surface area contributed by atoms with E-state index < -0.39 is 46.9 Å². The van der Waals surface area contributed by atoms with Gasteiger partial charge in [0.05, 0.1) is 5.56 Å². The van der Waals surface area contributed by atoms with E-state index in [1.165, 1.54) is 0 Å². The van der Waals surface area contributed by atoms with Gasteiger partial charge in [-0.15, -0.1) is 0 Å². The molecule has 0 heterocycles. The Morgan fingerprint density at radius 1 is 0.706 bits per heavy atom. The summed E-state index contributed by atoms with van der Waals surface area (Å²) < 4.78 is 99.6. The van der Waals surface area contributed by atoms with Crippen molar-refractivity contribution in [2.24, 2.45) is 5.73 Å². The first-order valence-electron chi connectivity index (χ1n) is 3.92. The molecule has 17 heavy (non-hydrogen) atoms. The van der Waals surface area contributed by atoms with Crippen LogP contribution in [-0.2, 0) is 0 Å². The number of alkyl halides is 3. The second kappa shape index (κ2) is 4.13. The van der Waals surface area contributed by atoms with Gasteiger partial charge < -0.3 is 5.73 Å². The Kier molecular flexibility index (Phi) is 3.33. The minimum Gasteiger partial charge on any atom is -0.316 e. The molecule has 1 aromatic rings. The Balaban J connectivity index is 3.55. The van der Waals surface area contributed by atoms with Gasteiger partial charge in [0.1, 0.15) is 6.04 Å². The maximum atomic E-state index is 12.9. The van der Waals surface area contributed by atoms with Crippen molar-refractivity contribution in [1.82, 2.24) is 0 Å². The molecule has 0 aromatic heterocycles. The van der Waals surface area contributed by atoms with Gasteiger partial charge in [-0.25, -0.2) is 22.0 Å². The van der Waals surface area contributed by atoms with Crippen LogP contribution >= 0.6 is 0 Å². The minimum absolute atomic E-state index is 2.10. The number of benzene rings is 1. The van der Waals surface area contributed by atoms with Crippen LogP contribution in [0.25, 0.3) is 0 Å². The summed E-state index contributed by atoms with van der Waals surface area (Å²) in [6, 6.07) is -3.30. The molecule has 1 nitrogen and oxygen atoms in total. The van der Waals surface area contributed by atoms with E-state index in [1.54, 1.807) is 0 Å². The molecule has 0 bridgehead atoms. The van der Waals surface area contributed by atoms with Gasteiger partial charge in [-0.2, -0.15) is 13.2 Å². The Labute approximate surface area is 88.8 Å². The van der Waals surface area contributed by atoms with E-state index in [9.17, 15) is 35.1 Å². The van der Waals surface area contributed by atoms with Crippen LogP contribution in [0.2, 0.25) is 0 Å². The predicted molar refractivity (Wildman–Crippen MR) is 39.2 cm³/mol. The number of hydrogen-bond donors (Lipinski definition) is 1. The van der Waals surface area contributed by atoms with Crippen molar-refractivity contribution < 1.29 is 35.1 Å². The fraction of sp³-hybridized carbons (Fsp3) is 0.250. The molecule has 1 aromatic carbocycles. The van der Waals surface area contributed by atoms with Crippen LogP contribution in [0.5, 0.6) is 0 Å². The van der Waals surface area contributed by atoms with Gasteiger partial charge in [0.15, 0.2) is 23.3 Å². The van der Waals surface area contributed by atoms with E-state index >= 15 is 0 Å². The topological polar surface area (TPSA) is 26.0 Å². The van der Waals surface area contributed by atoms with Gasteiger partial charge in [0, 0.05) is 0 Å². The predicted octanol–water partition coefficient (Wildman–Crippen LogP) is 2.94. The molecule has 9 heteroatoms. The molecule has 1 atom stereocenters. The second-order valence-electron chi connectivity index (χ2n) is 3.00. The lowest BCUT2D eigenvalue weighted by Crippen LogP contribution is -2.31. The van der Waals surface area contributed by atoms with E-state index in [2.05, 4.69) is 5.73 Å². The maximum absolute atomic E-state index is 12.9. The lowest BCUT2D eigenvalue weighted by molar-refractivity contribution is -0.150. The minimum atomic E-state index is -5.33. The summed E-state index contributed by atoms with van der Waals surface area (Å²) in [5, 5.41) is 0. The molecule has 0 aliphatic rings. The first-order valence-corrected chi connectivity index (χ1v) is 3.92. The van der Waals surface area contributed by atoms with Gasteiger partial charge in [-0.05, 0) is 0 Å². The highest BCUT2D eigenvalue weighted by Crippen LogP contribution is 2.35. The van der Waals surface area contributed by atoms with E-state index in [1.807, 2.05) is 0 Å². The molecule has 96 valence electrons. The molecule has 0 aliphatic carbocycles. The molecular weight excluding hydrogens is 262 g/mol. The number of hydrogen-bond acceptors (Lipinski definition) is 1. The Morgan fingerprint density at radius 3 is 1.29 bits per heavy atom. The van der Waals surface area contributed by atoms with Crippen molar-refractivity contribution in [1.29, 1.82) is 0 Å². The fourth-order valence-corrected chi connectivity index (χ4v) is 1.06. The lowest BCUT2D eigenvalue weighted by atomic mass is 10.0. The summed E-state index contributed by atoms with van der Waals surface area (Å²) in [7, 11) is 0. The molecule has 0 radical (unpaired) electrons. The summed E-state index contributed by atoms with van der Waals surface area (Å²) in [5.41, 5.74) is 2.30. The van der Waals surface area contributed by atoms with Gasteiger partial charge in [-0.3, -0.25) is 0 Å². The average Bonchev–Trinajstić information content (AvgIpc) is 2.22. The molecule has 0 saturated carbocycles. The zero-order valence-corrected chi connectivity index (χ0v) is 7.68. The Bertz CT molecular complexity index is 423. The lowest BCUT2D eigenvalue weighted by Gasteiger charge is -2.17. The molecule has 0 spiro atoms. The largest absolute Gasteiger partial charge is 0.407 e. The fourth-order valence-electron chi connectivity index (χ4n) is 1.06. The van der Waals surface area contributed by atoms with E-state index in [4.69, 9.17) is 0 Å². The third-order valence-corrected chi connectivity index (χ3v) is 1.91. The number of halogens is 8. The highest BCUT2D eigenvalue weighted by atomic mass is 19.4. The summed E-state index contributed by atoms with van der Waals surface area (Å²) >= 11 is 0. The molecule has 0 fully saturated rings. The molecule has 1 unspecified atom stereocenters. The Hall–Kier alpha value is -1.38. The third-order valence-electron chi connectivity index (χ3n) is 1.91. The van der Waals surface area contributed by atoms with Crippen molar-refractivity contribution in [3.8, 4) is 0 Å². The highest BCUT2D eigenvalue weighted by molar-refractivity contribution is 5.27. The third kappa shape index (κ3) is 2.19. The molecule has 0 saturated heterocycles. The standard InChI is InChI=1S/C8H3F8N/c9-2-1(7(17)8(14,15)16)3(10)5(12)6(13)4(2)11/h7H,17H2. The van der Waals surface area contributed by atoms with Crippen LogP contribution in [-0.4, -0.2) is 6.18 Å². The first-order chi connectivity index (χ1) is 7.59. The highest BCUT2D eigenvalue weighted by Gasteiger charge is 2.43. The van der Waals surface area contributed by atoms with Crippen LogP contribution in [0.4, 0.5) is 35.1 Å². The summed E-state index contributed by atoms with van der Waals surface area (Å²) in [4.78, 5) is 0. The van der Waals surface area contributed by atoms with E-state index in [-0.39, 0.29) is 0 Å². The molecular formula is C8H3F8N. The molecule has 2 N–H and O–H groups in total. The van der Waals surface area contributed by atoms with E-state index in [0.29, 0.717) is 0 Å². The molecule has 0 aliphatic heterocycles.